The number of nitrogens with one attached hydrogen (secondary N) is 1. The summed E-state index contributed by atoms with van der Waals surface area (Å²) in [5.41, 5.74) is 0.895. The lowest BCUT2D eigenvalue weighted by Gasteiger charge is -2.17. The summed E-state index contributed by atoms with van der Waals surface area (Å²) in [5, 5.41) is 13.1. The Hall–Kier alpha value is -2.83. The van der Waals surface area contributed by atoms with Gasteiger partial charge in [0.25, 0.3) is 0 Å². The summed E-state index contributed by atoms with van der Waals surface area (Å²) in [7, 11) is 0. The predicted molar refractivity (Wildman–Crippen MR) is 117 cm³/mol. The van der Waals surface area contributed by atoms with Gasteiger partial charge in [-0.15, -0.1) is 11.3 Å². The Labute approximate surface area is 186 Å². The van der Waals surface area contributed by atoms with E-state index in [0.29, 0.717) is 10.6 Å². The van der Waals surface area contributed by atoms with Crippen molar-refractivity contribution in [2.75, 3.05) is 5.32 Å². The fourth-order valence-electron chi connectivity index (χ4n) is 2.95. The van der Waals surface area contributed by atoms with Crippen molar-refractivity contribution in [3.8, 4) is 16.6 Å². The van der Waals surface area contributed by atoms with Gasteiger partial charge in [-0.2, -0.15) is 18.4 Å². The molecule has 3 aromatic rings. The van der Waals surface area contributed by atoms with Crippen molar-refractivity contribution in [3.63, 3.8) is 0 Å². The largest absolute Gasteiger partial charge is 0.417 e. The maximum Gasteiger partial charge on any atom is 0.417 e. The van der Waals surface area contributed by atoms with E-state index in [1.807, 2.05) is 32.0 Å². The van der Waals surface area contributed by atoms with Gasteiger partial charge in [0.2, 0.25) is 5.91 Å². The number of nitrogens with zero attached hydrogens (tertiary/aromatic N) is 2. The summed E-state index contributed by atoms with van der Waals surface area (Å²) >= 11 is 2.08. The number of nitriles is 1. The number of amides is 1. The van der Waals surface area contributed by atoms with E-state index in [2.05, 4.69) is 10.3 Å². The molecule has 0 aliphatic heterocycles. The highest BCUT2D eigenvalue weighted by Crippen LogP contribution is 2.39. The Morgan fingerprint density at radius 3 is 2.45 bits per heavy atom. The van der Waals surface area contributed by atoms with Crippen LogP contribution in [0.5, 0.6) is 0 Å². The fourth-order valence-corrected chi connectivity index (χ4v) is 4.56. The molecule has 1 atom stereocenters. The van der Waals surface area contributed by atoms with Crippen molar-refractivity contribution in [1.82, 2.24) is 4.98 Å². The van der Waals surface area contributed by atoms with Crippen molar-refractivity contribution < 1.29 is 18.0 Å². The average Bonchev–Trinajstić information content (AvgIpc) is 3.24. The monoisotopic (exact) mass is 461 g/mol. The number of carbonyl (C=O) groups excluding carboxylic acids is 1. The van der Waals surface area contributed by atoms with E-state index in [1.54, 1.807) is 30.5 Å². The van der Waals surface area contributed by atoms with Gasteiger partial charge in [0, 0.05) is 5.69 Å². The lowest BCUT2D eigenvalue weighted by molar-refractivity contribution is -0.138. The third kappa shape index (κ3) is 5.09. The van der Waals surface area contributed by atoms with Gasteiger partial charge in [0.15, 0.2) is 0 Å². The number of thioether (sulfide) groups is 1. The number of anilines is 1. The second-order valence-electron chi connectivity index (χ2n) is 6.84. The van der Waals surface area contributed by atoms with E-state index in [1.165, 1.54) is 11.3 Å². The van der Waals surface area contributed by atoms with Crippen LogP contribution in [-0.4, -0.2) is 16.1 Å². The van der Waals surface area contributed by atoms with Crippen LogP contribution in [0.15, 0.2) is 46.8 Å². The number of thiophene rings is 1. The van der Waals surface area contributed by atoms with E-state index in [0.717, 1.165) is 29.0 Å². The number of benzene rings is 1. The quantitative estimate of drug-likeness (QED) is 0.444. The van der Waals surface area contributed by atoms with Gasteiger partial charge in [-0.25, -0.2) is 4.98 Å². The molecule has 31 heavy (non-hydrogen) atoms. The van der Waals surface area contributed by atoms with Crippen LogP contribution in [0.1, 0.15) is 29.2 Å². The normalized spacial score (nSPS) is 12.3. The Morgan fingerprint density at radius 1 is 1.23 bits per heavy atom. The number of carbonyl (C=O) groups is 1. The summed E-state index contributed by atoms with van der Waals surface area (Å²) in [5.74, 6) is -0.386. The number of halogens is 3. The van der Waals surface area contributed by atoms with Crippen molar-refractivity contribution in [1.29, 1.82) is 5.26 Å². The summed E-state index contributed by atoms with van der Waals surface area (Å²) in [6.45, 7) is 5.28. The molecule has 0 aliphatic carbocycles. The number of aryl methyl sites for hydroxylation is 2. The molecular formula is C22H18F3N3OS2. The number of hydrogen-bond donors (Lipinski definition) is 1. The predicted octanol–water partition coefficient (Wildman–Crippen LogP) is 6.44. The molecule has 0 saturated heterocycles. The molecule has 1 unspecified atom stereocenters. The lowest BCUT2D eigenvalue weighted by atomic mass is 10.1. The van der Waals surface area contributed by atoms with Crippen LogP contribution in [0.3, 0.4) is 0 Å². The van der Waals surface area contributed by atoms with Crippen LogP contribution in [0.2, 0.25) is 0 Å². The molecular weight excluding hydrogens is 443 g/mol. The Kier molecular flexibility index (Phi) is 6.72. The number of alkyl halides is 3. The van der Waals surface area contributed by atoms with Crippen LogP contribution in [0.4, 0.5) is 18.9 Å². The van der Waals surface area contributed by atoms with Crippen molar-refractivity contribution in [3.05, 3.63) is 64.0 Å². The first-order chi connectivity index (χ1) is 14.6. The zero-order valence-electron chi connectivity index (χ0n) is 16.9. The summed E-state index contributed by atoms with van der Waals surface area (Å²) < 4.78 is 40.9. The van der Waals surface area contributed by atoms with Crippen LogP contribution >= 0.6 is 23.1 Å². The van der Waals surface area contributed by atoms with Gasteiger partial charge in [-0.1, -0.05) is 36.0 Å². The molecule has 0 spiro atoms. The van der Waals surface area contributed by atoms with Gasteiger partial charge in [-0.05, 0) is 49.4 Å². The van der Waals surface area contributed by atoms with Gasteiger partial charge < -0.3 is 5.32 Å². The minimum Gasteiger partial charge on any atom is -0.325 e. The molecule has 0 saturated carbocycles. The first kappa shape index (κ1) is 22.8. The highest BCUT2D eigenvalue weighted by Gasteiger charge is 2.36. The Bertz CT molecular complexity index is 1130. The van der Waals surface area contributed by atoms with Crippen LogP contribution in [-0.2, 0) is 11.0 Å². The highest BCUT2D eigenvalue weighted by molar-refractivity contribution is 8.00. The van der Waals surface area contributed by atoms with Crippen molar-refractivity contribution in [2.45, 2.75) is 37.2 Å². The minimum atomic E-state index is -4.72. The zero-order chi connectivity index (χ0) is 22.8. The maximum atomic E-state index is 13.6. The molecule has 0 radical (unpaired) electrons. The highest BCUT2D eigenvalue weighted by atomic mass is 32.2. The molecule has 1 amide bonds. The molecule has 4 nitrogen and oxygen atoms in total. The number of rotatable bonds is 5. The third-order valence-electron chi connectivity index (χ3n) is 4.56. The number of pyridine rings is 1. The fraction of sp³-hybridized carbons (Fsp3) is 0.227. The maximum absolute atomic E-state index is 13.6. The number of hydrogen-bond acceptors (Lipinski definition) is 5. The first-order valence-electron chi connectivity index (χ1n) is 9.21. The molecule has 1 aromatic carbocycles. The van der Waals surface area contributed by atoms with Crippen LogP contribution in [0, 0.1) is 25.2 Å². The topological polar surface area (TPSA) is 65.8 Å². The molecule has 0 bridgehead atoms. The van der Waals surface area contributed by atoms with E-state index in [-0.39, 0.29) is 16.6 Å². The summed E-state index contributed by atoms with van der Waals surface area (Å²) in [6.07, 6.45) is -4.72. The second-order valence-corrected chi connectivity index (χ2v) is 9.12. The minimum absolute atomic E-state index is 0.117. The molecule has 3 rings (SSSR count). The summed E-state index contributed by atoms with van der Waals surface area (Å²) in [6, 6.07) is 11.5. The van der Waals surface area contributed by atoms with E-state index >= 15 is 0 Å². The van der Waals surface area contributed by atoms with Gasteiger partial charge in [-0.3, -0.25) is 4.79 Å². The Balaban J connectivity index is 1.97. The third-order valence-corrected chi connectivity index (χ3v) is 6.54. The molecule has 160 valence electrons. The van der Waals surface area contributed by atoms with Crippen molar-refractivity contribution >= 4 is 34.7 Å². The van der Waals surface area contributed by atoms with E-state index < -0.39 is 22.6 Å². The number of aromatic nitrogens is 1. The van der Waals surface area contributed by atoms with Gasteiger partial charge in [0.05, 0.1) is 26.9 Å². The molecule has 0 fully saturated rings. The zero-order valence-corrected chi connectivity index (χ0v) is 18.5. The molecule has 9 heteroatoms. The molecule has 1 N–H and O–H groups in total. The summed E-state index contributed by atoms with van der Waals surface area (Å²) in [4.78, 5) is 17.6. The van der Waals surface area contributed by atoms with Crippen molar-refractivity contribution in [2.24, 2.45) is 0 Å². The SMILES string of the molecule is Cc1cccc(C)c1NC(=O)C(C)Sc1nc(-c2cccs2)cc(C(F)(F)F)c1C#N. The van der Waals surface area contributed by atoms with E-state index in [9.17, 15) is 23.2 Å². The molecule has 0 aliphatic rings. The average molecular weight is 462 g/mol. The molecule has 2 heterocycles. The lowest BCUT2D eigenvalue weighted by Crippen LogP contribution is -2.24. The second kappa shape index (κ2) is 9.12. The smallest absolute Gasteiger partial charge is 0.325 e. The first-order valence-corrected chi connectivity index (χ1v) is 11.0. The van der Waals surface area contributed by atoms with Crippen LogP contribution < -0.4 is 5.32 Å². The van der Waals surface area contributed by atoms with Gasteiger partial charge >= 0.3 is 6.18 Å². The molecule has 2 aromatic heterocycles. The Morgan fingerprint density at radius 2 is 1.90 bits per heavy atom. The number of para-hydroxylation sites is 1. The van der Waals surface area contributed by atoms with Crippen LogP contribution in [0.25, 0.3) is 10.6 Å². The van der Waals surface area contributed by atoms with Gasteiger partial charge in [0.1, 0.15) is 11.1 Å². The standard InChI is InChI=1S/C22H18F3N3OS2/c1-12-6-4-7-13(2)19(12)28-20(29)14(3)31-21-15(11-26)16(22(23,24)25)10-17(27-21)18-8-5-9-30-18/h4-10,14H,1-3H3,(H,28,29). The van der Waals surface area contributed by atoms with E-state index in [4.69, 9.17) is 0 Å².